The van der Waals surface area contributed by atoms with Gasteiger partial charge < -0.3 is 19.6 Å². The van der Waals surface area contributed by atoms with E-state index in [-0.39, 0.29) is 17.9 Å². The van der Waals surface area contributed by atoms with Crippen LogP contribution in [0.2, 0.25) is 0 Å². The van der Waals surface area contributed by atoms with Crippen LogP contribution in [0.5, 0.6) is 0 Å². The number of hydrogen-bond acceptors (Lipinski definition) is 5. The summed E-state index contributed by atoms with van der Waals surface area (Å²) in [4.78, 5) is 16.3. The van der Waals surface area contributed by atoms with Crippen LogP contribution < -0.4 is 10.6 Å². The number of halogens is 3. The zero-order valence-electron chi connectivity index (χ0n) is 15.3. The van der Waals surface area contributed by atoms with Gasteiger partial charge in [-0.15, -0.1) is 0 Å². The van der Waals surface area contributed by atoms with Crippen molar-refractivity contribution in [2.75, 3.05) is 11.9 Å². The summed E-state index contributed by atoms with van der Waals surface area (Å²) in [5.41, 5.74) is -0.0653. The molecule has 0 unspecified atom stereocenters. The first-order valence-corrected chi connectivity index (χ1v) is 9.12. The van der Waals surface area contributed by atoms with Crippen molar-refractivity contribution in [2.45, 2.75) is 37.6 Å². The minimum Gasteiger partial charge on any atom is -0.467 e. The van der Waals surface area contributed by atoms with Crippen molar-refractivity contribution in [3.8, 4) is 0 Å². The van der Waals surface area contributed by atoms with E-state index in [1.807, 2.05) is 10.8 Å². The van der Waals surface area contributed by atoms with Gasteiger partial charge in [0.25, 0.3) is 5.91 Å². The van der Waals surface area contributed by atoms with Crippen LogP contribution in [0.3, 0.4) is 0 Å². The molecular formula is C18H19F3N6O2. The van der Waals surface area contributed by atoms with E-state index in [4.69, 9.17) is 4.42 Å². The average Bonchev–Trinajstić information content (AvgIpc) is 3.44. The minimum absolute atomic E-state index is 0.0653. The van der Waals surface area contributed by atoms with Crippen LogP contribution in [0, 0.1) is 0 Å². The van der Waals surface area contributed by atoms with Crippen LogP contribution in [-0.2, 0) is 6.54 Å². The van der Waals surface area contributed by atoms with Crippen molar-refractivity contribution in [3.05, 3.63) is 54.6 Å². The number of nitrogens with one attached hydrogen (secondary N) is 2. The molecule has 2 N–H and O–H groups in total. The molecule has 154 valence electrons. The topological polar surface area (TPSA) is 89.9 Å². The zero-order chi connectivity index (χ0) is 20.4. The van der Waals surface area contributed by atoms with Gasteiger partial charge in [0.2, 0.25) is 0 Å². The summed E-state index contributed by atoms with van der Waals surface area (Å²) in [6, 6.07) is 2.06. The normalized spacial score (nSPS) is 18.9. The molecule has 0 saturated heterocycles. The van der Waals surface area contributed by atoms with Gasteiger partial charge in [0.05, 0.1) is 18.6 Å². The van der Waals surface area contributed by atoms with E-state index in [1.165, 1.54) is 12.3 Å². The number of carbonyl (C=O) groups excluding carboxylic acids is 1. The van der Waals surface area contributed by atoms with E-state index >= 15 is 0 Å². The fourth-order valence-electron chi connectivity index (χ4n) is 3.33. The molecule has 11 heteroatoms. The number of alkyl halides is 3. The molecule has 1 aliphatic heterocycles. The van der Waals surface area contributed by atoms with Crippen LogP contribution in [0.15, 0.2) is 47.6 Å². The van der Waals surface area contributed by atoms with E-state index in [1.54, 1.807) is 24.7 Å². The molecular weight excluding hydrogens is 389 g/mol. The molecule has 0 saturated carbocycles. The molecule has 0 radical (unpaired) electrons. The molecule has 3 aromatic heterocycles. The number of imidazole rings is 1. The lowest BCUT2D eigenvalue weighted by Gasteiger charge is -2.32. The van der Waals surface area contributed by atoms with Crippen molar-refractivity contribution in [2.24, 2.45) is 0 Å². The Bertz CT molecular complexity index is 949. The standard InChI is InChI=1S/C18H19F3N6O2/c19-18(20,21)15-9-12(14-3-1-8-29-14)24-16-10-13(25-27(15)16)17(28)23-4-2-6-26-7-5-22-11-26/h1,3,5,7-8,10-12,15,24H,2,4,6,9H2,(H,23,28)/t12-,15-/m0/s1. The molecule has 4 heterocycles. The summed E-state index contributed by atoms with van der Waals surface area (Å²) in [6.07, 6.45) is 2.42. The highest BCUT2D eigenvalue weighted by Crippen LogP contribution is 2.43. The molecule has 1 aliphatic rings. The number of nitrogens with zero attached hydrogens (tertiary/aromatic N) is 4. The second-order valence-corrected chi connectivity index (χ2v) is 6.77. The molecule has 4 rings (SSSR count). The van der Waals surface area contributed by atoms with Crippen molar-refractivity contribution < 1.29 is 22.4 Å². The SMILES string of the molecule is O=C(NCCCn1ccnc1)c1cc2n(n1)[C@H](C(F)(F)F)C[C@@H](c1ccco1)N2. The van der Waals surface area contributed by atoms with Gasteiger partial charge in [-0.2, -0.15) is 18.3 Å². The molecule has 0 fully saturated rings. The Morgan fingerprint density at radius 3 is 2.97 bits per heavy atom. The monoisotopic (exact) mass is 408 g/mol. The van der Waals surface area contributed by atoms with Crippen LogP contribution in [0.25, 0.3) is 0 Å². The highest BCUT2D eigenvalue weighted by atomic mass is 19.4. The van der Waals surface area contributed by atoms with Crippen LogP contribution in [-0.4, -0.2) is 38.0 Å². The van der Waals surface area contributed by atoms with E-state index < -0.39 is 24.2 Å². The number of aryl methyl sites for hydroxylation is 1. The number of fused-ring (bicyclic) bond motifs is 1. The van der Waals surface area contributed by atoms with Gasteiger partial charge in [0, 0.05) is 38.0 Å². The van der Waals surface area contributed by atoms with Gasteiger partial charge in [-0.05, 0) is 18.6 Å². The first kappa shape index (κ1) is 19.1. The molecule has 29 heavy (non-hydrogen) atoms. The number of rotatable bonds is 6. The summed E-state index contributed by atoms with van der Waals surface area (Å²) in [5.74, 6) is 0.00977. The van der Waals surface area contributed by atoms with Crippen molar-refractivity contribution in [1.82, 2.24) is 24.6 Å². The molecule has 2 atom stereocenters. The lowest BCUT2D eigenvalue weighted by atomic mass is 10.0. The van der Waals surface area contributed by atoms with Gasteiger partial charge in [-0.3, -0.25) is 4.79 Å². The Kier molecular flexibility index (Phi) is 5.03. The summed E-state index contributed by atoms with van der Waals surface area (Å²) in [7, 11) is 0. The molecule has 3 aromatic rings. The third-order valence-electron chi connectivity index (χ3n) is 4.75. The molecule has 0 bridgehead atoms. The predicted octanol–water partition coefficient (Wildman–Crippen LogP) is 3.15. The molecule has 0 spiro atoms. The fourth-order valence-corrected chi connectivity index (χ4v) is 3.33. The van der Waals surface area contributed by atoms with Crippen molar-refractivity contribution in [1.29, 1.82) is 0 Å². The smallest absolute Gasteiger partial charge is 0.410 e. The third-order valence-corrected chi connectivity index (χ3v) is 4.75. The van der Waals surface area contributed by atoms with Gasteiger partial charge in [0.15, 0.2) is 11.7 Å². The van der Waals surface area contributed by atoms with Gasteiger partial charge in [-0.1, -0.05) is 0 Å². The van der Waals surface area contributed by atoms with Crippen LogP contribution >= 0.6 is 0 Å². The number of hydrogen-bond donors (Lipinski definition) is 2. The Morgan fingerprint density at radius 1 is 1.41 bits per heavy atom. The quantitative estimate of drug-likeness (QED) is 0.612. The number of aromatic nitrogens is 4. The summed E-state index contributed by atoms with van der Waals surface area (Å²) < 4.78 is 48.8. The average molecular weight is 408 g/mol. The minimum atomic E-state index is -4.51. The maximum absolute atomic E-state index is 13.6. The van der Waals surface area contributed by atoms with Gasteiger partial charge in [-0.25, -0.2) is 9.67 Å². The number of anilines is 1. The second kappa shape index (κ2) is 7.64. The van der Waals surface area contributed by atoms with Gasteiger partial charge in [0.1, 0.15) is 11.6 Å². The molecule has 0 aliphatic carbocycles. The maximum Gasteiger partial charge on any atom is 0.410 e. The van der Waals surface area contributed by atoms with Crippen LogP contribution in [0.4, 0.5) is 19.0 Å². The van der Waals surface area contributed by atoms with Crippen molar-refractivity contribution >= 4 is 11.7 Å². The number of furan rings is 1. The largest absolute Gasteiger partial charge is 0.467 e. The van der Waals surface area contributed by atoms with Crippen molar-refractivity contribution in [3.63, 3.8) is 0 Å². The Balaban J connectivity index is 1.46. The molecule has 8 nitrogen and oxygen atoms in total. The van der Waals surface area contributed by atoms with Crippen LogP contribution in [0.1, 0.15) is 41.2 Å². The summed E-state index contributed by atoms with van der Waals surface area (Å²) in [6.45, 7) is 1.03. The van der Waals surface area contributed by atoms with E-state index in [0.29, 0.717) is 25.3 Å². The molecule has 0 aromatic carbocycles. The highest BCUT2D eigenvalue weighted by Gasteiger charge is 2.47. The highest BCUT2D eigenvalue weighted by molar-refractivity contribution is 5.93. The van der Waals surface area contributed by atoms with E-state index in [2.05, 4.69) is 20.7 Å². The second-order valence-electron chi connectivity index (χ2n) is 6.77. The maximum atomic E-state index is 13.6. The van der Waals surface area contributed by atoms with Gasteiger partial charge >= 0.3 is 6.18 Å². The summed E-state index contributed by atoms with van der Waals surface area (Å²) >= 11 is 0. The Morgan fingerprint density at radius 2 is 2.28 bits per heavy atom. The summed E-state index contributed by atoms with van der Waals surface area (Å²) in [5, 5.41) is 9.59. The Hall–Kier alpha value is -3.24. The van der Waals surface area contributed by atoms with E-state index in [0.717, 1.165) is 4.68 Å². The first-order chi connectivity index (χ1) is 13.9. The predicted molar refractivity (Wildman–Crippen MR) is 96.2 cm³/mol. The number of amides is 1. The zero-order valence-corrected chi connectivity index (χ0v) is 15.3. The van der Waals surface area contributed by atoms with E-state index in [9.17, 15) is 18.0 Å². The molecule has 1 amide bonds. The fraction of sp³-hybridized carbons (Fsp3) is 0.389. The lowest BCUT2D eigenvalue weighted by molar-refractivity contribution is -0.174. The third kappa shape index (κ3) is 4.13. The first-order valence-electron chi connectivity index (χ1n) is 9.12. The lowest BCUT2D eigenvalue weighted by Crippen LogP contribution is -2.35. The number of carbonyl (C=O) groups is 1. The Labute approximate surface area is 163 Å².